The third kappa shape index (κ3) is 2.85. The van der Waals surface area contributed by atoms with Gasteiger partial charge in [0.25, 0.3) is 0 Å². The lowest BCUT2D eigenvalue weighted by Gasteiger charge is -2.30. The topological polar surface area (TPSA) is 90.2 Å². The highest BCUT2D eigenvalue weighted by atomic mass is 16.6. The molecule has 1 aliphatic heterocycles. The second kappa shape index (κ2) is 5.45. The van der Waals surface area contributed by atoms with E-state index in [0.29, 0.717) is 12.4 Å². The first-order chi connectivity index (χ1) is 8.58. The van der Waals surface area contributed by atoms with Crippen LogP contribution < -0.4 is 5.73 Å². The van der Waals surface area contributed by atoms with E-state index in [-0.39, 0.29) is 16.8 Å². The van der Waals surface area contributed by atoms with Crippen LogP contribution in [0.25, 0.3) is 0 Å². The molecule has 1 atom stereocenters. The van der Waals surface area contributed by atoms with Gasteiger partial charge < -0.3 is 15.8 Å². The fourth-order valence-electron chi connectivity index (χ4n) is 2.41. The molecule has 100 valence electrons. The van der Waals surface area contributed by atoms with Gasteiger partial charge in [-0.05, 0) is 24.3 Å². The lowest BCUT2D eigenvalue weighted by Crippen LogP contribution is -2.43. The van der Waals surface area contributed by atoms with Crippen LogP contribution >= 0.6 is 0 Å². The predicted octanol–water partition coefficient (Wildman–Crippen LogP) is 0.523. The summed E-state index contributed by atoms with van der Waals surface area (Å²) in [6.45, 7) is 5.06. The summed E-state index contributed by atoms with van der Waals surface area (Å²) >= 11 is 0. The average Bonchev–Trinajstić information content (AvgIpc) is 2.68. The molecule has 1 aliphatic rings. The van der Waals surface area contributed by atoms with Crippen LogP contribution in [0.4, 0.5) is 5.82 Å². The van der Waals surface area contributed by atoms with E-state index in [4.69, 9.17) is 5.73 Å². The van der Waals surface area contributed by atoms with Gasteiger partial charge in [-0.15, -0.1) is 0 Å². The average molecular weight is 253 g/mol. The highest BCUT2D eigenvalue weighted by molar-refractivity contribution is 5.18. The molecular formula is C11H19N5O2. The maximum absolute atomic E-state index is 10.8. The number of nitro groups is 1. The van der Waals surface area contributed by atoms with Gasteiger partial charge in [0.2, 0.25) is 0 Å². The Hall–Kier alpha value is -1.47. The number of nitrogens with zero attached hydrogens (tertiary/aromatic N) is 4. The summed E-state index contributed by atoms with van der Waals surface area (Å²) in [5.41, 5.74) is 5.91. The van der Waals surface area contributed by atoms with Crippen molar-refractivity contribution in [2.24, 2.45) is 5.73 Å². The van der Waals surface area contributed by atoms with Gasteiger partial charge in [0.05, 0.1) is 0 Å². The molecule has 7 nitrogen and oxygen atoms in total. The van der Waals surface area contributed by atoms with Crippen LogP contribution in [0.2, 0.25) is 0 Å². The van der Waals surface area contributed by atoms with E-state index in [1.807, 2.05) is 0 Å². The number of aryl methyl sites for hydroxylation is 1. The smallest absolute Gasteiger partial charge is 0.342 e. The van der Waals surface area contributed by atoms with Gasteiger partial charge in [-0.1, -0.05) is 0 Å². The Kier molecular flexibility index (Phi) is 3.93. The summed E-state index contributed by atoms with van der Waals surface area (Å²) in [6.07, 6.45) is 3.49. The number of imidazole rings is 1. The molecule has 7 heteroatoms. The van der Waals surface area contributed by atoms with Crippen LogP contribution in [0.3, 0.4) is 0 Å². The lowest BCUT2D eigenvalue weighted by molar-refractivity contribution is -0.392. The number of piperidine rings is 1. The van der Waals surface area contributed by atoms with E-state index in [2.05, 4.69) is 9.88 Å². The van der Waals surface area contributed by atoms with Gasteiger partial charge in [0.1, 0.15) is 12.7 Å². The Bertz CT molecular complexity index is 431. The number of aromatic nitrogens is 2. The molecule has 1 aromatic rings. The zero-order valence-corrected chi connectivity index (χ0v) is 10.6. The van der Waals surface area contributed by atoms with E-state index in [1.165, 1.54) is 6.20 Å². The first-order valence-electron chi connectivity index (χ1n) is 6.22. The van der Waals surface area contributed by atoms with Crippen LogP contribution in [-0.2, 0) is 6.54 Å². The molecule has 0 saturated carbocycles. The molecule has 2 N–H and O–H groups in total. The zero-order valence-electron chi connectivity index (χ0n) is 10.6. The van der Waals surface area contributed by atoms with Crippen LogP contribution in [-0.4, -0.2) is 45.1 Å². The molecule has 0 unspecified atom stereocenters. The number of likely N-dealkylation sites (tertiary alicyclic amines) is 1. The molecule has 1 fully saturated rings. The van der Waals surface area contributed by atoms with Crippen molar-refractivity contribution in [3.05, 3.63) is 22.1 Å². The third-order valence-corrected chi connectivity index (χ3v) is 3.40. The van der Waals surface area contributed by atoms with E-state index >= 15 is 0 Å². The normalized spacial score (nSPS) is 21.1. The van der Waals surface area contributed by atoms with E-state index in [1.54, 1.807) is 11.5 Å². The van der Waals surface area contributed by atoms with Crippen molar-refractivity contribution in [1.82, 2.24) is 14.5 Å². The van der Waals surface area contributed by atoms with E-state index in [9.17, 15) is 10.1 Å². The van der Waals surface area contributed by atoms with Crippen LogP contribution in [0.15, 0.2) is 6.20 Å². The molecule has 0 amide bonds. The van der Waals surface area contributed by atoms with Crippen molar-refractivity contribution in [1.29, 1.82) is 0 Å². The SMILES string of the molecule is Cc1ncc([N+](=O)[O-])n1CCN1CCC[C@@H](N)C1. The minimum Gasteiger partial charge on any atom is -0.358 e. The largest absolute Gasteiger partial charge is 0.358 e. The van der Waals surface area contributed by atoms with Gasteiger partial charge in [0, 0.05) is 26.1 Å². The first-order valence-corrected chi connectivity index (χ1v) is 6.22. The summed E-state index contributed by atoms with van der Waals surface area (Å²) in [4.78, 5) is 16.7. The second-order valence-electron chi connectivity index (χ2n) is 4.78. The number of hydrogen-bond acceptors (Lipinski definition) is 5. The molecule has 1 aromatic heterocycles. The highest BCUT2D eigenvalue weighted by Crippen LogP contribution is 2.14. The third-order valence-electron chi connectivity index (χ3n) is 3.40. The van der Waals surface area contributed by atoms with Gasteiger partial charge in [-0.3, -0.25) is 4.90 Å². The molecule has 0 radical (unpaired) electrons. The van der Waals surface area contributed by atoms with Crippen LogP contribution in [0.5, 0.6) is 0 Å². The summed E-state index contributed by atoms with van der Waals surface area (Å²) < 4.78 is 1.65. The standard InChI is InChI=1S/C11H19N5O2/c1-9-13-7-11(16(17)18)15(9)6-5-14-4-2-3-10(12)8-14/h7,10H,2-6,8,12H2,1H3/t10-/m1/s1. The van der Waals surface area contributed by atoms with Crippen molar-refractivity contribution in [3.8, 4) is 0 Å². The van der Waals surface area contributed by atoms with Gasteiger partial charge in [-0.25, -0.2) is 9.55 Å². The Morgan fingerprint density at radius 2 is 2.39 bits per heavy atom. The fraction of sp³-hybridized carbons (Fsp3) is 0.727. The van der Waals surface area contributed by atoms with Crippen LogP contribution in [0, 0.1) is 17.0 Å². The number of rotatable bonds is 4. The lowest BCUT2D eigenvalue weighted by atomic mass is 10.1. The van der Waals surface area contributed by atoms with Crippen molar-refractivity contribution in [2.45, 2.75) is 32.4 Å². The predicted molar refractivity (Wildman–Crippen MR) is 67.3 cm³/mol. The molecule has 18 heavy (non-hydrogen) atoms. The Morgan fingerprint density at radius 3 is 3.06 bits per heavy atom. The Morgan fingerprint density at radius 1 is 1.61 bits per heavy atom. The fourth-order valence-corrected chi connectivity index (χ4v) is 2.41. The molecule has 1 saturated heterocycles. The van der Waals surface area contributed by atoms with Crippen molar-refractivity contribution < 1.29 is 4.92 Å². The zero-order chi connectivity index (χ0) is 13.1. The number of nitrogens with two attached hydrogens (primary N) is 1. The van der Waals surface area contributed by atoms with Crippen LogP contribution in [0.1, 0.15) is 18.7 Å². The molecule has 0 bridgehead atoms. The Labute approximate surface area is 106 Å². The van der Waals surface area contributed by atoms with E-state index in [0.717, 1.165) is 32.5 Å². The summed E-state index contributed by atoms with van der Waals surface area (Å²) in [7, 11) is 0. The second-order valence-corrected chi connectivity index (χ2v) is 4.78. The summed E-state index contributed by atoms with van der Waals surface area (Å²) in [5, 5.41) is 10.8. The molecule has 0 aliphatic carbocycles. The van der Waals surface area contributed by atoms with Gasteiger partial charge in [0.15, 0.2) is 5.82 Å². The molecule has 2 rings (SSSR count). The molecular weight excluding hydrogens is 234 g/mol. The first kappa shape index (κ1) is 13.0. The minimum absolute atomic E-state index is 0.0637. The van der Waals surface area contributed by atoms with Gasteiger partial charge in [-0.2, -0.15) is 0 Å². The Balaban J connectivity index is 1.97. The van der Waals surface area contributed by atoms with Crippen molar-refractivity contribution in [2.75, 3.05) is 19.6 Å². The molecule has 2 heterocycles. The quantitative estimate of drug-likeness (QED) is 0.624. The summed E-state index contributed by atoms with van der Waals surface area (Å²) in [5.74, 6) is 0.747. The molecule has 0 spiro atoms. The highest BCUT2D eigenvalue weighted by Gasteiger charge is 2.20. The van der Waals surface area contributed by atoms with Crippen molar-refractivity contribution >= 4 is 5.82 Å². The van der Waals surface area contributed by atoms with Gasteiger partial charge >= 0.3 is 5.82 Å². The molecule has 0 aromatic carbocycles. The number of hydrogen-bond donors (Lipinski definition) is 1. The maximum Gasteiger partial charge on any atom is 0.342 e. The minimum atomic E-state index is -0.387. The maximum atomic E-state index is 10.8. The monoisotopic (exact) mass is 253 g/mol. The van der Waals surface area contributed by atoms with Crippen molar-refractivity contribution in [3.63, 3.8) is 0 Å². The summed E-state index contributed by atoms with van der Waals surface area (Å²) in [6, 6.07) is 0.234. The van der Waals surface area contributed by atoms with E-state index < -0.39 is 0 Å².